The molecule has 0 fully saturated rings. The zero-order valence-corrected chi connectivity index (χ0v) is 17.8. The van der Waals surface area contributed by atoms with Gasteiger partial charge in [-0.2, -0.15) is 0 Å². The molecule has 0 atom stereocenters. The summed E-state index contributed by atoms with van der Waals surface area (Å²) in [4.78, 5) is 0. The van der Waals surface area contributed by atoms with E-state index in [0.29, 0.717) is 21.2 Å². The van der Waals surface area contributed by atoms with Crippen molar-refractivity contribution in [2.45, 2.75) is 51.0 Å². The van der Waals surface area contributed by atoms with Crippen LogP contribution in [0.3, 0.4) is 0 Å². The summed E-state index contributed by atoms with van der Waals surface area (Å²) in [6, 6.07) is 10.8. The van der Waals surface area contributed by atoms with E-state index in [2.05, 4.69) is 0 Å². The number of rotatable bonds is 4. The van der Waals surface area contributed by atoms with Crippen LogP contribution in [-0.2, 0) is 19.3 Å². The topological polar surface area (TPSA) is 34.1 Å². The summed E-state index contributed by atoms with van der Waals surface area (Å²) in [5, 5.41) is 1.13. The summed E-state index contributed by atoms with van der Waals surface area (Å²) in [6.45, 7) is 10.7. The lowest BCUT2D eigenvalue weighted by molar-refractivity contribution is 0.514. The van der Waals surface area contributed by atoms with E-state index in [0.717, 1.165) is 11.1 Å². The largest absolute Gasteiger partial charge is 0.227 e. The van der Waals surface area contributed by atoms with Gasteiger partial charge in [-0.15, -0.1) is 0 Å². The van der Waals surface area contributed by atoms with Crippen LogP contribution >= 0.6 is 23.2 Å². The van der Waals surface area contributed by atoms with Gasteiger partial charge in [0.05, 0.1) is 9.49 Å². The highest BCUT2D eigenvalue weighted by Gasteiger charge is 2.48. The zero-order chi connectivity index (χ0) is 19.2. The Hall–Kier alpha value is -1.03. The van der Waals surface area contributed by atoms with Crippen LogP contribution in [-0.4, -0.2) is 8.42 Å². The van der Waals surface area contributed by atoms with Gasteiger partial charge in [0.15, 0.2) is 9.84 Å². The fourth-order valence-corrected chi connectivity index (χ4v) is 5.39. The molecule has 2 rings (SSSR count). The molecule has 0 aliphatic rings. The SMILES string of the molecule is Cc1ccc(C(C)(C)S(=O)(=O)C(C)(C)c2ccc(C)c(Cl)c2)cc1Cl. The highest BCUT2D eigenvalue weighted by atomic mass is 35.5. The molecule has 0 saturated heterocycles. The van der Waals surface area contributed by atoms with E-state index in [4.69, 9.17) is 23.2 Å². The molecule has 0 aliphatic carbocycles. The fraction of sp³-hybridized carbons (Fsp3) is 0.400. The highest BCUT2D eigenvalue weighted by molar-refractivity contribution is 7.93. The van der Waals surface area contributed by atoms with Crippen LogP contribution in [0.25, 0.3) is 0 Å². The van der Waals surface area contributed by atoms with Crippen molar-refractivity contribution in [2.75, 3.05) is 0 Å². The van der Waals surface area contributed by atoms with Gasteiger partial charge in [0.25, 0.3) is 0 Å². The molecule has 25 heavy (non-hydrogen) atoms. The van der Waals surface area contributed by atoms with Crippen molar-refractivity contribution in [1.82, 2.24) is 0 Å². The second kappa shape index (κ2) is 6.61. The number of benzene rings is 2. The second-order valence-electron chi connectivity index (χ2n) is 7.45. The van der Waals surface area contributed by atoms with Crippen LogP contribution in [0.15, 0.2) is 36.4 Å². The summed E-state index contributed by atoms with van der Waals surface area (Å²) in [6.07, 6.45) is 0. The van der Waals surface area contributed by atoms with Crippen LogP contribution in [0, 0.1) is 13.8 Å². The van der Waals surface area contributed by atoms with Crippen molar-refractivity contribution in [2.24, 2.45) is 0 Å². The molecule has 0 amide bonds. The van der Waals surface area contributed by atoms with Gasteiger partial charge in [0.2, 0.25) is 0 Å². The van der Waals surface area contributed by atoms with Crippen LogP contribution in [0.2, 0.25) is 10.0 Å². The molecule has 0 unspecified atom stereocenters. The second-order valence-corrected chi connectivity index (χ2v) is 11.3. The van der Waals surface area contributed by atoms with E-state index in [1.165, 1.54) is 0 Å². The number of hydrogen-bond donors (Lipinski definition) is 0. The molecule has 0 aromatic heterocycles. The van der Waals surface area contributed by atoms with Crippen LogP contribution in [0.5, 0.6) is 0 Å². The summed E-state index contributed by atoms with van der Waals surface area (Å²) in [5.74, 6) is 0. The Morgan fingerprint density at radius 1 is 0.720 bits per heavy atom. The maximum Gasteiger partial charge on any atom is 0.168 e. The van der Waals surface area contributed by atoms with Gasteiger partial charge in [-0.25, -0.2) is 8.42 Å². The minimum atomic E-state index is -3.62. The van der Waals surface area contributed by atoms with E-state index in [1.54, 1.807) is 39.8 Å². The molecule has 0 saturated carbocycles. The molecule has 2 nitrogen and oxygen atoms in total. The molecular weight excluding hydrogens is 375 g/mol. The molecule has 0 radical (unpaired) electrons. The van der Waals surface area contributed by atoms with Crippen molar-refractivity contribution in [3.8, 4) is 0 Å². The zero-order valence-electron chi connectivity index (χ0n) is 15.4. The molecule has 5 heteroatoms. The molecule has 0 spiro atoms. The van der Waals surface area contributed by atoms with Crippen molar-refractivity contribution >= 4 is 33.0 Å². The van der Waals surface area contributed by atoms with E-state index in [-0.39, 0.29) is 0 Å². The number of halogens is 2. The summed E-state index contributed by atoms with van der Waals surface area (Å²) in [5.41, 5.74) is 3.19. The summed E-state index contributed by atoms with van der Waals surface area (Å²) in [7, 11) is -3.62. The monoisotopic (exact) mass is 398 g/mol. The number of aryl methyl sites for hydroxylation is 2. The van der Waals surface area contributed by atoms with Crippen molar-refractivity contribution < 1.29 is 8.42 Å². The van der Waals surface area contributed by atoms with Crippen LogP contribution in [0.1, 0.15) is 49.9 Å². The first-order valence-electron chi connectivity index (χ1n) is 8.10. The predicted molar refractivity (Wildman–Crippen MR) is 107 cm³/mol. The van der Waals surface area contributed by atoms with Gasteiger partial charge in [-0.1, -0.05) is 47.5 Å². The molecule has 2 aromatic rings. The molecule has 136 valence electrons. The maximum atomic E-state index is 13.6. The normalized spacial score (nSPS) is 13.1. The molecule has 2 aromatic carbocycles. The smallest absolute Gasteiger partial charge is 0.168 e. The first-order chi connectivity index (χ1) is 11.3. The third-order valence-corrected chi connectivity index (χ3v) is 9.05. The summed E-state index contributed by atoms with van der Waals surface area (Å²) >= 11 is 12.5. The van der Waals surface area contributed by atoms with Crippen molar-refractivity contribution in [3.63, 3.8) is 0 Å². The van der Waals surface area contributed by atoms with Crippen LogP contribution in [0.4, 0.5) is 0 Å². The summed E-state index contributed by atoms with van der Waals surface area (Å²) < 4.78 is 25.0. The van der Waals surface area contributed by atoms with E-state index >= 15 is 0 Å². The first-order valence-corrected chi connectivity index (χ1v) is 10.3. The Labute approximate surface area is 161 Å². The third-order valence-electron chi connectivity index (χ3n) is 5.08. The van der Waals surface area contributed by atoms with Crippen LogP contribution < -0.4 is 0 Å². The van der Waals surface area contributed by atoms with Gasteiger partial charge in [-0.05, 0) is 75.9 Å². The van der Waals surface area contributed by atoms with Crippen molar-refractivity contribution in [3.05, 3.63) is 68.7 Å². The third kappa shape index (κ3) is 3.34. The Morgan fingerprint density at radius 3 is 1.32 bits per heavy atom. The average Bonchev–Trinajstić information content (AvgIpc) is 2.52. The highest BCUT2D eigenvalue weighted by Crippen LogP contribution is 2.44. The van der Waals surface area contributed by atoms with Crippen molar-refractivity contribution in [1.29, 1.82) is 0 Å². The number of hydrogen-bond acceptors (Lipinski definition) is 2. The minimum absolute atomic E-state index is 0.567. The molecule has 0 N–H and O–H groups in total. The molecular formula is C20H24Cl2O2S. The Bertz CT molecular complexity index is 844. The van der Waals surface area contributed by atoms with E-state index in [1.807, 2.05) is 38.1 Å². The lowest BCUT2D eigenvalue weighted by Gasteiger charge is -2.36. The molecule has 0 heterocycles. The van der Waals surface area contributed by atoms with E-state index in [9.17, 15) is 8.42 Å². The predicted octanol–water partition coefficient (Wildman–Crippen LogP) is 6.20. The lowest BCUT2D eigenvalue weighted by atomic mass is 10.00. The first kappa shape index (κ1) is 20.3. The van der Waals surface area contributed by atoms with Gasteiger partial charge in [0, 0.05) is 10.0 Å². The number of sulfone groups is 1. The van der Waals surface area contributed by atoms with Gasteiger partial charge in [-0.3, -0.25) is 0 Å². The Balaban J connectivity index is 2.61. The lowest BCUT2D eigenvalue weighted by Crippen LogP contribution is -2.42. The van der Waals surface area contributed by atoms with E-state index < -0.39 is 19.3 Å². The standard InChI is InChI=1S/C20H24Cl2O2S/c1-13-7-9-15(11-17(13)21)19(3,4)25(23,24)20(5,6)16-10-8-14(2)18(22)12-16/h7-12H,1-6H3. The maximum absolute atomic E-state index is 13.6. The van der Waals surface area contributed by atoms with Gasteiger partial charge >= 0.3 is 0 Å². The quantitative estimate of drug-likeness (QED) is 0.614. The molecule has 0 aliphatic heterocycles. The Morgan fingerprint density at radius 2 is 1.04 bits per heavy atom. The minimum Gasteiger partial charge on any atom is -0.227 e. The molecule has 0 bridgehead atoms. The Kier molecular flexibility index (Phi) is 5.36. The van der Waals surface area contributed by atoms with Gasteiger partial charge in [0.1, 0.15) is 0 Å². The average molecular weight is 399 g/mol. The fourth-order valence-electron chi connectivity index (χ4n) is 2.88. The van der Waals surface area contributed by atoms with Gasteiger partial charge < -0.3 is 0 Å².